The smallest absolute Gasteiger partial charge is 0.412 e. The summed E-state index contributed by atoms with van der Waals surface area (Å²) in [6, 6.07) is 5.60. The second kappa shape index (κ2) is 4.97. The summed E-state index contributed by atoms with van der Waals surface area (Å²) in [5, 5.41) is 29.6. The number of carbonyl (C=O) groups is 1. The Hall–Kier alpha value is -1.57. The van der Waals surface area contributed by atoms with Gasteiger partial charge in [-0.05, 0) is 26.8 Å². The highest BCUT2D eigenvalue weighted by Crippen LogP contribution is 2.11. The minimum atomic E-state index is -3.58. The van der Waals surface area contributed by atoms with Gasteiger partial charge in [0.15, 0.2) is 0 Å². The van der Waals surface area contributed by atoms with Crippen molar-refractivity contribution < 1.29 is 24.6 Å². The molecule has 1 amide bonds. The molecule has 1 aromatic carbocycles. The lowest BCUT2D eigenvalue weighted by Crippen LogP contribution is -2.48. The summed E-state index contributed by atoms with van der Waals surface area (Å²) in [5.41, 5.74) is -0.422. The molecule has 0 aliphatic carbocycles. The Morgan fingerprint density at radius 3 is 2.39 bits per heavy atom. The zero-order chi connectivity index (χ0) is 14.0. The van der Waals surface area contributed by atoms with Gasteiger partial charge in [0, 0.05) is 5.69 Å². The number of benzene rings is 1. The molecule has 0 heterocycles. The number of carbonyl (C=O) groups excluding carboxylic acids is 1. The molecule has 1 aromatic rings. The molecular weight excluding hydrogens is 237 g/mol. The van der Waals surface area contributed by atoms with Crippen molar-refractivity contribution in [3.8, 4) is 0 Å². The van der Waals surface area contributed by atoms with Crippen LogP contribution in [0.1, 0.15) is 20.8 Å². The lowest BCUT2D eigenvalue weighted by Gasteiger charge is -2.23. The number of rotatable bonds is 2. The molecule has 0 saturated carbocycles. The quantitative estimate of drug-likeness (QED) is 0.563. The molecule has 6 nitrogen and oxygen atoms in total. The molecule has 0 unspecified atom stereocenters. The van der Waals surface area contributed by atoms with Crippen LogP contribution >= 0.6 is 0 Å². The lowest BCUT2D eigenvalue weighted by atomic mass is 9.71. The summed E-state index contributed by atoms with van der Waals surface area (Å²) >= 11 is 0. The molecule has 0 saturated heterocycles. The van der Waals surface area contributed by atoms with Crippen LogP contribution in [0.2, 0.25) is 0 Å². The first-order chi connectivity index (χ1) is 8.08. The zero-order valence-corrected chi connectivity index (χ0v) is 10.5. The first-order valence-electron chi connectivity index (χ1n) is 5.50. The van der Waals surface area contributed by atoms with Crippen LogP contribution in [0, 0.1) is 0 Å². The standard InChI is InChI=1S/C11H17BNO5/c1-11(2,3)18-10(14)13-9-6-4-5-8(7-9)12(15,16)17/h4-7,15-17H,1-3H3,(H,13,14)/q-1. The van der Waals surface area contributed by atoms with Gasteiger partial charge < -0.3 is 19.8 Å². The maximum Gasteiger partial charge on any atom is 0.412 e. The van der Waals surface area contributed by atoms with E-state index in [4.69, 9.17) is 19.8 Å². The largest absolute Gasteiger partial charge is 0.556 e. The van der Waals surface area contributed by atoms with E-state index in [9.17, 15) is 4.79 Å². The van der Waals surface area contributed by atoms with Gasteiger partial charge in [-0.15, -0.1) is 5.46 Å². The lowest BCUT2D eigenvalue weighted by molar-refractivity contribution is 0.0636. The summed E-state index contributed by atoms with van der Waals surface area (Å²) in [6.45, 7) is 1.61. The highest BCUT2D eigenvalue weighted by Gasteiger charge is 2.19. The zero-order valence-electron chi connectivity index (χ0n) is 10.5. The fraction of sp³-hybridized carbons (Fsp3) is 0.364. The second-order valence-electron chi connectivity index (χ2n) is 4.99. The van der Waals surface area contributed by atoms with Gasteiger partial charge in [0.25, 0.3) is 0 Å². The van der Waals surface area contributed by atoms with Gasteiger partial charge in [-0.3, -0.25) is 5.32 Å². The first-order valence-corrected chi connectivity index (χ1v) is 5.50. The van der Waals surface area contributed by atoms with Crippen LogP contribution in [-0.4, -0.2) is 33.5 Å². The van der Waals surface area contributed by atoms with Gasteiger partial charge in [0.1, 0.15) is 5.60 Å². The monoisotopic (exact) mass is 254 g/mol. The predicted molar refractivity (Wildman–Crippen MR) is 68.3 cm³/mol. The Labute approximate surface area is 105 Å². The molecule has 4 N–H and O–H groups in total. The van der Waals surface area contributed by atoms with E-state index in [2.05, 4.69) is 5.32 Å². The number of anilines is 1. The highest BCUT2D eigenvalue weighted by atomic mass is 16.6. The van der Waals surface area contributed by atoms with E-state index in [1.54, 1.807) is 20.8 Å². The molecular formula is C11H17BNO5-. The molecule has 0 aliphatic heterocycles. The van der Waals surface area contributed by atoms with Crippen LogP contribution in [0.15, 0.2) is 24.3 Å². The number of hydrogen-bond donors (Lipinski definition) is 4. The molecule has 0 aromatic heterocycles. The Balaban J connectivity index is 2.77. The van der Waals surface area contributed by atoms with Crippen LogP contribution < -0.4 is 10.8 Å². The van der Waals surface area contributed by atoms with Crippen molar-refractivity contribution in [3.63, 3.8) is 0 Å². The van der Waals surface area contributed by atoms with Crippen LogP contribution in [-0.2, 0) is 4.74 Å². The highest BCUT2D eigenvalue weighted by molar-refractivity contribution is 6.71. The number of hydrogen-bond acceptors (Lipinski definition) is 5. The third-order valence-corrected chi connectivity index (χ3v) is 1.98. The van der Waals surface area contributed by atoms with E-state index in [1.807, 2.05) is 0 Å². The van der Waals surface area contributed by atoms with E-state index < -0.39 is 18.4 Å². The van der Waals surface area contributed by atoms with Crippen LogP contribution in [0.3, 0.4) is 0 Å². The fourth-order valence-electron chi connectivity index (χ4n) is 1.28. The molecule has 0 aliphatic rings. The Bertz CT molecular complexity index is 436. The van der Waals surface area contributed by atoms with Gasteiger partial charge >= 0.3 is 12.8 Å². The van der Waals surface area contributed by atoms with Crippen molar-refractivity contribution in [2.45, 2.75) is 26.4 Å². The minimum absolute atomic E-state index is 0.0939. The molecule has 0 spiro atoms. The van der Waals surface area contributed by atoms with Crippen LogP contribution in [0.5, 0.6) is 0 Å². The van der Waals surface area contributed by atoms with Crippen molar-refractivity contribution in [1.29, 1.82) is 0 Å². The predicted octanol–water partition coefficient (Wildman–Crippen LogP) is 0.156. The van der Waals surface area contributed by atoms with Gasteiger partial charge in [-0.2, -0.15) is 0 Å². The van der Waals surface area contributed by atoms with E-state index in [-0.39, 0.29) is 5.46 Å². The molecule has 0 radical (unpaired) electrons. The SMILES string of the molecule is CC(C)(C)OC(=O)Nc1cccc([B-](O)(O)O)c1. The molecule has 0 fully saturated rings. The van der Waals surface area contributed by atoms with Gasteiger partial charge in [0.05, 0.1) is 0 Å². The third-order valence-electron chi connectivity index (χ3n) is 1.98. The van der Waals surface area contributed by atoms with Gasteiger partial charge in [0.2, 0.25) is 0 Å². The summed E-state index contributed by atoms with van der Waals surface area (Å²) < 4.78 is 5.03. The normalized spacial score (nSPS) is 12.1. The average Bonchev–Trinajstić information content (AvgIpc) is 2.13. The summed E-state index contributed by atoms with van der Waals surface area (Å²) in [4.78, 5) is 11.5. The topological polar surface area (TPSA) is 99.0 Å². The fourth-order valence-corrected chi connectivity index (χ4v) is 1.28. The molecule has 1 rings (SSSR count). The maximum atomic E-state index is 11.5. The molecule has 0 bridgehead atoms. The molecule has 100 valence electrons. The third kappa shape index (κ3) is 4.74. The van der Waals surface area contributed by atoms with E-state index >= 15 is 0 Å². The molecule has 18 heavy (non-hydrogen) atoms. The Morgan fingerprint density at radius 1 is 1.28 bits per heavy atom. The summed E-state index contributed by atoms with van der Waals surface area (Å²) in [5.74, 6) is 0. The second-order valence-corrected chi connectivity index (χ2v) is 4.99. The first kappa shape index (κ1) is 14.5. The number of ether oxygens (including phenoxy) is 1. The van der Waals surface area contributed by atoms with Crippen molar-refractivity contribution in [1.82, 2.24) is 0 Å². The van der Waals surface area contributed by atoms with Crippen LogP contribution in [0.4, 0.5) is 10.5 Å². The van der Waals surface area contributed by atoms with Gasteiger partial charge in [-0.1, -0.05) is 18.2 Å². The Kier molecular flexibility index (Phi) is 4.00. The number of amides is 1. The Morgan fingerprint density at radius 2 is 1.89 bits per heavy atom. The van der Waals surface area contributed by atoms with Crippen molar-refractivity contribution in [2.24, 2.45) is 0 Å². The number of nitrogens with one attached hydrogen (secondary N) is 1. The summed E-state index contributed by atoms with van der Waals surface area (Å²) in [7, 11) is 0. The van der Waals surface area contributed by atoms with Gasteiger partial charge in [-0.25, -0.2) is 4.79 Å². The maximum absolute atomic E-state index is 11.5. The molecule has 7 heteroatoms. The van der Waals surface area contributed by atoms with Crippen LogP contribution in [0.25, 0.3) is 0 Å². The average molecular weight is 254 g/mol. The minimum Gasteiger partial charge on any atom is -0.556 e. The summed E-state index contributed by atoms with van der Waals surface area (Å²) in [6.07, 6.45) is -0.661. The molecule has 0 atom stereocenters. The van der Waals surface area contributed by atoms with E-state index in [1.165, 1.54) is 24.3 Å². The van der Waals surface area contributed by atoms with Crippen molar-refractivity contribution >= 4 is 24.0 Å². The van der Waals surface area contributed by atoms with Crippen molar-refractivity contribution in [2.75, 3.05) is 5.32 Å². The van der Waals surface area contributed by atoms with E-state index in [0.29, 0.717) is 5.69 Å². The van der Waals surface area contributed by atoms with Crippen molar-refractivity contribution in [3.05, 3.63) is 24.3 Å². The van der Waals surface area contributed by atoms with E-state index in [0.717, 1.165) is 0 Å².